The van der Waals surface area contributed by atoms with E-state index in [2.05, 4.69) is 33.1 Å². The third-order valence-electron chi connectivity index (χ3n) is 1.92. The lowest BCUT2D eigenvalue weighted by Gasteiger charge is -2.11. The maximum atomic E-state index is 11.2. The van der Waals surface area contributed by atoms with Crippen LogP contribution in [-0.2, 0) is 4.79 Å². The lowest BCUT2D eigenvalue weighted by molar-refractivity contribution is -0.122. The molecule has 0 bridgehead atoms. The van der Waals surface area contributed by atoms with Gasteiger partial charge in [0.25, 0.3) is 0 Å². The lowest BCUT2D eigenvalue weighted by atomic mass is 10.1. The highest BCUT2D eigenvalue weighted by Crippen LogP contribution is 1.96. The van der Waals surface area contributed by atoms with Crippen molar-refractivity contribution in [3.05, 3.63) is 12.3 Å². The van der Waals surface area contributed by atoms with Crippen LogP contribution in [0.2, 0.25) is 0 Å². The maximum Gasteiger partial charge on any atom is 0.236 e. The van der Waals surface area contributed by atoms with Crippen LogP contribution in [0.5, 0.6) is 0 Å². The SMILES string of the molecule is C=C(CBr)NCCCC(N)C(=O)NCC. The van der Waals surface area contributed by atoms with Crippen molar-refractivity contribution in [2.75, 3.05) is 18.4 Å². The Kier molecular flexibility index (Phi) is 8.41. The summed E-state index contributed by atoms with van der Waals surface area (Å²) in [6.45, 7) is 7.10. The van der Waals surface area contributed by atoms with Gasteiger partial charge in [-0.1, -0.05) is 22.5 Å². The number of alkyl halides is 1. The molecule has 5 heteroatoms. The summed E-state index contributed by atoms with van der Waals surface area (Å²) in [5.41, 5.74) is 6.63. The first-order chi connectivity index (χ1) is 7.11. The lowest BCUT2D eigenvalue weighted by Crippen LogP contribution is -2.40. The second-order valence-electron chi connectivity index (χ2n) is 3.31. The number of carbonyl (C=O) groups excluding carboxylic acids is 1. The minimum atomic E-state index is -0.399. The van der Waals surface area contributed by atoms with Gasteiger partial charge in [0.2, 0.25) is 5.91 Å². The van der Waals surface area contributed by atoms with Crippen molar-refractivity contribution in [3.8, 4) is 0 Å². The molecule has 0 aliphatic rings. The van der Waals surface area contributed by atoms with E-state index in [1.165, 1.54) is 0 Å². The van der Waals surface area contributed by atoms with Crippen molar-refractivity contribution >= 4 is 21.8 Å². The van der Waals surface area contributed by atoms with Gasteiger partial charge in [-0.05, 0) is 19.8 Å². The largest absolute Gasteiger partial charge is 0.388 e. The summed E-state index contributed by atoms with van der Waals surface area (Å²) in [5, 5.41) is 6.57. The zero-order valence-corrected chi connectivity index (χ0v) is 10.8. The number of hydrogen-bond donors (Lipinski definition) is 3. The molecule has 0 aliphatic carbocycles. The Hall–Kier alpha value is -0.550. The molecule has 0 spiro atoms. The van der Waals surface area contributed by atoms with Crippen molar-refractivity contribution in [3.63, 3.8) is 0 Å². The first-order valence-corrected chi connectivity index (χ1v) is 6.24. The van der Waals surface area contributed by atoms with E-state index >= 15 is 0 Å². The number of amides is 1. The smallest absolute Gasteiger partial charge is 0.236 e. The molecule has 0 rings (SSSR count). The van der Waals surface area contributed by atoms with Gasteiger partial charge in [0.05, 0.1) is 6.04 Å². The van der Waals surface area contributed by atoms with Crippen LogP contribution in [0.4, 0.5) is 0 Å². The minimum Gasteiger partial charge on any atom is -0.388 e. The van der Waals surface area contributed by atoms with Crippen molar-refractivity contribution in [1.29, 1.82) is 0 Å². The fraction of sp³-hybridized carbons (Fsp3) is 0.700. The third kappa shape index (κ3) is 7.39. The first-order valence-electron chi connectivity index (χ1n) is 5.12. The number of nitrogens with one attached hydrogen (secondary N) is 2. The van der Waals surface area contributed by atoms with E-state index in [0.29, 0.717) is 13.0 Å². The molecule has 15 heavy (non-hydrogen) atoms. The van der Waals surface area contributed by atoms with Gasteiger partial charge >= 0.3 is 0 Å². The Balaban J connectivity index is 3.50. The highest BCUT2D eigenvalue weighted by atomic mass is 79.9. The monoisotopic (exact) mass is 277 g/mol. The number of rotatable bonds is 8. The average molecular weight is 278 g/mol. The van der Waals surface area contributed by atoms with Crippen LogP contribution in [-0.4, -0.2) is 30.4 Å². The Labute approximate surface area is 99.8 Å². The van der Waals surface area contributed by atoms with Crippen molar-refractivity contribution in [2.24, 2.45) is 5.73 Å². The van der Waals surface area contributed by atoms with E-state index in [0.717, 1.165) is 24.0 Å². The summed E-state index contributed by atoms with van der Waals surface area (Å²) < 4.78 is 0. The normalized spacial score (nSPS) is 11.9. The zero-order valence-electron chi connectivity index (χ0n) is 9.18. The number of carbonyl (C=O) groups is 1. The molecule has 0 radical (unpaired) electrons. The fourth-order valence-electron chi connectivity index (χ4n) is 1.07. The van der Waals surface area contributed by atoms with Gasteiger partial charge in [0.1, 0.15) is 0 Å². The van der Waals surface area contributed by atoms with Crippen LogP contribution in [0.1, 0.15) is 19.8 Å². The first kappa shape index (κ1) is 14.5. The van der Waals surface area contributed by atoms with Crippen molar-refractivity contribution in [2.45, 2.75) is 25.8 Å². The molecular weight excluding hydrogens is 258 g/mol. The molecule has 4 N–H and O–H groups in total. The van der Waals surface area contributed by atoms with Gasteiger partial charge in [0, 0.05) is 24.1 Å². The predicted octanol–water partition coefficient (Wildman–Crippen LogP) is 0.728. The topological polar surface area (TPSA) is 67.1 Å². The standard InChI is InChI=1S/C10H20BrN3O/c1-3-13-10(15)9(12)5-4-6-14-8(2)7-11/h9,14H,2-7,12H2,1H3,(H,13,15). The van der Waals surface area contributed by atoms with Gasteiger partial charge < -0.3 is 16.4 Å². The van der Waals surface area contributed by atoms with Crippen LogP contribution < -0.4 is 16.4 Å². The summed E-state index contributed by atoms with van der Waals surface area (Å²) >= 11 is 3.29. The average Bonchev–Trinajstić information content (AvgIpc) is 2.23. The molecule has 0 aliphatic heterocycles. The second-order valence-corrected chi connectivity index (χ2v) is 3.87. The molecule has 88 valence electrons. The van der Waals surface area contributed by atoms with Crippen molar-refractivity contribution in [1.82, 2.24) is 10.6 Å². The molecule has 0 saturated heterocycles. The molecule has 1 atom stereocenters. The maximum absolute atomic E-state index is 11.2. The van der Waals surface area contributed by atoms with Crippen LogP contribution in [0.3, 0.4) is 0 Å². The van der Waals surface area contributed by atoms with Gasteiger partial charge in [-0.25, -0.2) is 0 Å². The van der Waals surface area contributed by atoms with Crippen LogP contribution in [0.15, 0.2) is 12.3 Å². The summed E-state index contributed by atoms with van der Waals surface area (Å²) in [6, 6.07) is -0.399. The van der Waals surface area contributed by atoms with E-state index < -0.39 is 6.04 Å². The zero-order chi connectivity index (χ0) is 11.7. The molecule has 0 heterocycles. The molecule has 0 fully saturated rings. The molecule has 1 unspecified atom stereocenters. The van der Waals surface area contributed by atoms with E-state index in [-0.39, 0.29) is 5.91 Å². The number of allylic oxidation sites excluding steroid dienone is 1. The van der Waals surface area contributed by atoms with Gasteiger partial charge in [0.15, 0.2) is 0 Å². The highest BCUT2D eigenvalue weighted by molar-refractivity contribution is 9.09. The molecule has 0 aromatic carbocycles. The molecular formula is C10H20BrN3O. The second kappa shape index (κ2) is 8.73. The van der Waals surface area contributed by atoms with Crippen molar-refractivity contribution < 1.29 is 4.79 Å². The van der Waals surface area contributed by atoms with Crippen LogP contribution >= 0.6 is 15.9 Å². The van der Waals surface area contributed by atoms with Crippen LogP contribution in [0.25, 0.3) is 0 Å². The molecule has 0 saturated carbocycles. The predicted molar refractivity (Wildman–Crippen MR) is 66.8 cm³/mol. The van der Waals surface area contributed by atoms with Gasteiger partial charge in [-0.2, -0.15) is 0 Å². The Bertz CT molecular complexity index is 209. The Morgan fingerprint density at radius 2 is 2.20 bits per heavy atom. The molecule has 0 aromatic rings. The summed E-state index contributed by atoms with van der Waals surface area (Å²) in [7, 11) is 0. The summed E-state index contributed by atoms with van der Waals surface area (Å²) in [5.74, 6) is -0.0724. The summed E-state index contributed by atoms with van der Waals surface area (Å²) in [4.78, 5) is 11.2. The minimum absolute atomic E-state index is 0.0724. The number of likely N-dealkylation sites (N-methyl/N-ethyl adjacent to an activating group) is 1. The Morgan fingerprint density at radius 1 is 1.53 bits per heavy atom. The van der Waals surface area contributed by atoms with E-state index in [4.69, 9.17) is 5.73 Å². The van der Waals surface area contributed by atoms with E-state index in [9.17, 15) is 4.79 Å². The highest BCUT2D eigenvalue weighted by Gasteiger charge is 2.10. The van der Waals surface area contributed by atoms with E-state index in [1.807, 2.05) is 6.92 Å². The molecule has 4 nitrogen and oxygen atoms in total. The van der Waals surface area contributed by atoms with Gasteiger partial charge in [-0.15, -0.1) is 0 Å². The quantitative estimate of drug-likeness (QED) is 0.453. The fourth-order valence-corrected chi connectivity index (χ4v) is 1.27. The van der Waals surface area contributed by atoms with Gasteiger partial charge in [-0.3, -0.25) is 4.79 Å². The van der Waals surface area contributed by atoms with E-state index in [1.54, 1.807) is 0 Å². The summed E-state index contributed by atoms with van der Waals surface area (Å²) in [6.07, 6.45) is 1.55. The third-order valence-corrected chi connectivity index (χ3v) is 2.59. The number of halogens is 1. The Morgan fingerprint density at radius 3 is 2.73 bits per heavy atom. The molecule has 0 aromatic heterocycles. The van der Waals surface area contributed by atoms with Crippen LogP contribution in [0, 0.1) is 0 Å². The number of nitrogens with two attached hydrogens (primary N) is 1. The number of hydrogen-bond acceptors (Lipinski definition) is 3. The molecule has 1 amide bonds.